The molecule has 124 valence electrons. The van der Waals surface area contributed by atoms with Crippen molar-refractivity contribution >= 4 is 11.9 Å². The van der Waals surface area contributed by atoms with Crippen LogP contribution in [0.3, 0.4) is 0 Å². The summed E-state index contributed by atoms with van der Waals surface area (Å²) in [6.07, 6.45) is 2.66. The van der Waals surface area contributed by atoms with Gasteiger partial charge in [-0.25, -0.2) is 0 Å². The Morgan fingerprint density at radius 2 is 2.08 bits per heavy atom. The number of carboxylic acid groups (broad SMARTS) is 1. The van der Waals surface area contributed by atoms with Gasteiger partial charge < -0.3 is 14.5 Å². The van der Waals surface area contributed by atoms with Crippen molar-refractivity contribution in [2.75, 3.05) is 13.1 Å². The second-order valence-corrected chi connectivity index (χ2v) is 6.39. The monoisotopic (exact) mass is 327 g/mol. The number of aromatic nitrogens is 2. The Labute approximate surface area is 138 Å². The molecule has 0 bridgehead atoms. The zero-order valence-corrected chi connectivity index (χ0v) is 13.0. The van der Waals surface area contributed by atoms with E-state index >= 15 is 0 Å². The minimum Gasteiger partial charge on any atom is -0.481 e. The lowest BCUT2D eigenvalue weighted by Gasteiger charge is -2.16. The molecular weight excluding hydrogens is 310 g/mol. The van der Waals surface area contributed by atoms with E-state index in [1.54, 1.807) is 23.1 Å². The van der Waals surface area contributed by atoms with Crippen molar-refractivity contribution in [3.05, 3.63) is 35.7 Å². The summed E-state index contributed by atoms with van der Waals surface area (Å²) in [4.78, 5) is 29.6. The Morgan fingerprint density at radius 3 is 2.79 bits per heavy atom. The second-order valence-electron chi connectivity index (χ2n) is 6.39. The fourth-order valence-electron chi connectivity index (χ4n) is 2.97. The van der Waals surface area contributed by atoms with E-state index in [1.165, 1.54) is 0 Å². The number of carbonyl (C=O) groups excluding carboxylic acids is 1. The first-order valence-electron chi connectivity index (χ1n) is 8.08. The maximum Gasteiger partial charge on any atom is 0.308 e. The maximum atomic E-state index is 12.6. The highest BCUT2D eigenvalue weighted by Gasteiger charge is 2.32. The first kappa shape index (κ1) is 14.9. The summed E-state index contributed by atoms with van der Waals surface area (Å²) in [6.45, 7) is 0.723. The summed E-state index contributed by atoms with van der Waals surface area (Å²) in [5.41, 5.74) is 1.24. The normalized spacial score (nSPS) is 20.3. The molecule has 1 aliphatic carbocycles. The zero-order chi connectivity index (χ0) is 16.7. The van der Waals surface area contributed by atoms with Gasteiger partial charge in [0.2, 0.25) is 11.7 Å². The first-order chi connectivity index (χ1) is 11.6. The van der Waals surface area contributed by atoms with Gasteiger partial charge in [0.1, 0.15) is 0 Å². The molecule has 0 radical (unpaired) electrons. The Morgan fingerprint density at radius 1 is 1.25 bits per heavy atom. The molecule has 0 spiro atoms. The summed E-state index contributed by atoms with van der Waals surface area (Å²) in [5, 5.41) is 13.1. The molecule has 1 saturated heterocycles. The van der Waals surface area contributed by atoms with Crippen LogP contribution in [0.2, 0.25) is 0 Å². The highest BCUT2D eigenvalue weighted by Crippen LogP contribution is 2.39. The molecule has 2 aliphatic rings. The number of amides is 1. The third-order valence-electron chi connectivity index (χ3n) is 4.56. The van der Waals surface area contributed by atoms with Crippen LogP contribution in [0.5, 0.6) is 0 Å². The summed E-state index contributed by atoms with van der Waals surface area (Å²) in [5.74, 6) is 0.0379. The summed E-state index contributed by atoms with van der Waals surface area (Å²) < 4.78 is 5.26. The largest absolute Gasteiger partial charge is 0.481 e. The standard InChI is InChI=1S/C17H17N3O4/c21-16(20-7-6-13(9-20)17(22)23)12-3-1-2-11(8-12)14-18-15(24-19-14)10-4-5-10/h1-3,8,10,13H,4-7,9H2,(H,22,23)/t13-/m1/s1. The van der Waals surface area contributed by atoms with Gasteiger partial charge in [-0.15, -0.1) is 0 Å². The SMILES string of the molecule is O=C(O)[C@@H]1CCN(C(=O)c2cccc(-c3noc(C4CC4)n3)c2)C1. The van der Waals surface area contributed by atoms with Gasteiger partial charge in [-0.1, -0.05) is 17.3 Å². The average Bonchev–Trinajstić information content (AvgIpc) is 3.13. The van der Waals surface area contributed by atoms with Crippen molar-refractivity contribution in [2.45, 2.75) is 25.2 Å². The van der Waals surface area contributed by atoms with Crippen molar-refractivity contribution in [2.24, 2.45) is 5.92 Å². The third-order valence-corrected chi connectivity index (χ3v) is 4.56. The van der Waals surface area contributed by atoms with Crippen molar-refractivity contribution < 1.29 is 19.2 Å². The van der Waals surface area contributed by atoms with Gasteiger partial charge >= 0.3 is 5.97 Å². The minimum absolute atomic E-state index is 0.161. The Kier molecular flexibility index (Phi) is 3.55. The van der Waals surface area contributed by atoms with Crippen molar-refractivity contribution in [3.63, 3.8) is 0 Å². The molecule has 1 N–H and O–H groups in total. The van der Waals surface area contributed by atoms with Crippen LogP contribution in [-0.2, 0) is 4.79 Å². The fraction of sp³-hybridized carbons (Fsp3) is 0.412. The highest BCUT2D eigenvalue weighted by molar-refractivity contribution is 5.95. The van der Waals surface area contributed by atoms with Crippen molar-refractivity contribution in [3.8, 4) is 11.4 Å². The molecule has 1 atom stereocenters. The average molecular weight is 327 g/mol. The number of rotatable bonds is 4. The minimum atomic E-state index is -0.849. The first-order valence-corrected chi connectivity index (χ1v) is 8.08. The molecule has 2 fully saturated rings. The van der Waals surface area contributed by atoms with E-state index in [2.05, 4.69) is 10.1 Å². The van der Waals surface area contributed by atoms with Crippen LogP contribution in [0.1, 0.15) is 41.4 Å². The van der Waals surface area contributed by atoms with Gasteiger partial charge in [0.05, 0.1) is 5.92 Å². The predicted octanol–water partition coefficient (Wildman–Crippen LogP) is 2.16. The molecule has 1 aromatic carbocycles. The molecule has 2 aromatic rings. The number of nitrogens with zero attached hydrogens (tertiary/aromatic N) is 3. The topological polar surface area (TPSA) is 96.5 Å². The molecule has 1 amide bonds. The molecule has 7 nitrogen and oxygen atoms in total. The number of aliphatic carboxylic acids is 1. The Hall–Kier alpha value is -2.70. The van der Waals surface area contributed by atoms with E-state index in [9.17, 15) is 9.59 Å². The molecule has 7 heteroatoms. The van der Waals surface area contributed by atoms with Gasteiger partial charge in [-0.2, -0.15) is 4.98 Å². The van der Waals surface area contributed by atoms with Crippen LogP contribution in [0.25, 0.3) is 11.4 Å². The van der Waals surface area contributed by atoms with Gasteiger partial charge in [-0.3, -0.25) is 9.59 Å². The molecule has 4 rings (SSSR count). The number of benzene rings is 1. The van der Waals surface area contributed by atoms with Gasteiger partial charge in [0.25, 0.3) is 5.91 Å². The van der Waals surface area contributed by atoms with Crippen LogP contribution in [0.15, 0.2) is 28.8 Å². The van der Waals surface area contributed by atoms with Crippen LogP contribution >= 0.6 is 0 Å². The molecule has 0 unspecified atom stereocenters. The summed E-state index contributed by atoms with van der Waals surface area (Å²) in [6, 6.07) is 7.07. The lowest BCUT2D eigenvalue weighted by Crippen LogP contribution is -2.29. The van der Waals surface area contributed by atoms with Crippen molar-refractivity contribution in [1.29, 1.82) is 0 Å². The smallest absolute Gasteiger partial charge is 0.308 e. The van der Waals surface area contributed by atoms with Crippen LogP contribution in [0, 0.1) is 5.92 Å². The van der Waals surface area contributed by atoms with E-state index in [4.69, 9.17) is 9.63 Å². The highest BCUT2D eigenvalue weighted by atomic mass is 16.5. The molecule has 1 aliphatic heterocycles. The number of carbonyl (C=O) groups is 2. The van der Waals surface area contributed by atoms with Gasteiger partial charge in [0.15, 0.2) is 0 Å². The molecule has 1 aromatic heterocycles. The Balaban J connectivity index is 1.53. The van der Waals surface area contributed by atoms with Crippen molar-refractivity contribution in [1.82, 2.24) is 15.0 Å². The van der Waals surface area contributed by atoms with Gasteiger partial charge in [0, 0.05) is 30.1 Å². The zero-order valence-electron chi connectivity index (χ0n) is 13.0. The summed E-state index contributed by atoms with van der Waals surface area (Å²) in [7, 11) is 0. The molecular formula is C17H17N3O4. The van der Waals surface area contributed by atoms with Crippen LogP contribution < -0.4 is 0 Å². The lowest BCUT2D eigenvalue weighted by molar-refractivity contribution is -0.141. The third kappa shape index (κ3) is 2.77. The number of hydrogen-bond acceptors (Lipinski definition) is 5. The molecule has 1 saturated carbocycles. The van der Waals surface area contributed by atoms with Crippen LogP contribution in [0.4, 0.5) is 0 Å². The number of carboxylic acids is 1. The lowest BCUT2D eigenvalue weighted by atomic mass is 10.1. The fourth-order valence-corrected chi connectivity index (χ4v) is 2.97. The number of hydrogen-bond donors (Lipinski definition) is 1. The molecule has 24 heavy (non-hydrogen) atoms. The molecule has 2 heterocycles. The van der Waals surface area contributed by atoms with E-state index in [1.807, 2.05) is 6.07 Å². The van der Waals surface area contributed by atoms with E-state index < -0.39 is 11.9 Å². The van der Waals surface area contributed by atoms with E-state index in [0.29, 0.717) is 36.2 Å². The maximum absolute atomic E-state index is 12.6. The van der Waals surface area contributed by atoms with Gasteiger partial charge in [-0.05, 0) is 31.4 Å². The van der Waals surface area contributed by atoms with Crippen LogP contribution in [-0.4, -0.2) is 45.1 Å². The summed E-state index contributed by atoms with van der Waals surface area (Å²) >= 11 is 0. The Bertz CT molecular complexity index is 797. The van der Waals surface area contributed by atoms with E-state index in [-0.39, 0.29) is 12.5 Å². The quantitative estimate of drug-likeness (QED) is 0.924. The number of likely N-dealkylation sites (tertiary alicyclic amines) is 1. The second kappa shape index (κ2) is 5.74. The predicted molar refractivity (Wildman–Crippen MR) is 83.4 cm³/mol. The van der Waals surface area contributed by atoms with E-state index in [0.717, 1.165) is 18.4 Å².